The van der Waals surface area contributed by atoms with E-state index in [0.29, 0.717) is 13.0 Å². The van der Waals surface area contributed by atoms with Crippen molar-refractivity contribution in [2.24, 2.45) is 0 Å². The standard InChI is InChI=1S/C17H22N4O2/c1-13-10-16(23-2)6-5-14(13)11-17(22)21-8-3-4-15(21)12-20-9-7-18-19-20/h5-7,9-10,15H,3-4,8,11-12H2,1-2H3/t15-/m0/s1. The lowest BCUT2D eigenvalue weighted by molar-refractivity contribution is -0.131. The number of hydrogen-bond donors (Lipinski definition) is 0. The molecule has 0 aliphatic carbocycles. The molecule has 1 saturated heterocycles. The van der Waals surface area contributed by atoms with Gasteiger partial charge in [0.15, 0.2) is 0 Å². The van der Waals surface area contributed by atoms with Crippen molar-refractivity contribution in [1.82, 2.24) is 19.9 Å². The van der Waals surface area contributed by atoms with Crippen LogP contribution in [-0.4, -0.2) is 45.5 Å². The van der Waals surface area contributed by atoms with Crippen molar-refractivity contribution in [1.29, 1.82) is 0 Å². The summed E-state index contributed by atoms with van der Waals surface area (Å²) in [6.07, 6.45) is 6.01. The van der Waals surface area contributed by atoms with Crippen molar-refractivity contribution in [2.45, 2.75) is 38.8 Å². The van der Waals surface area contributed by atoms with E-state index in [2.05, 4.69) is 10.3 Å². The average Bonchev–Trinajstić information content (AvgIpc) is 3.21. The second-order valence-corrected chi connectivity index (χ2v) is 5.98. The Morgan fingerprint density at radius 2 is 2.30 bits per heavy atom. The van der Waals surface area contributed by atoms with E-state index in [1.807, 2.05) is 36.2 Å². The monoisotopic (exact) mass is 314 g/mol. The van der Waals surface area contributed by atoms with E-state index < -0.39 is 0 Å². The molecular formula is C17H22N4O2. The van der Waals surface area contributed by atoms with Gasteiger partial charge in [-0.25, -0.2) is 0 Å². The third-order valence-electron chi connectivity index (χ3n) is 4.46. The number of carbonyl (C=O) groups is 1. The zero-order chi connectivity index (χ0) is 16.2. The number of amides is 1. The lowest BCUT2D eigenvalue weighted by Gasteiger charge is -2.25. The van der Waals surface area contributed by atoms with Crippen molar-refractivity contribution >= 4 is 5.91 Å². The van der Waals surface area contributed by atoms with Gasteiger partial charge in [-0.1, -0.05) is 11.3 Å². The molecule has 6 heteroatoms. The third kappa shape index (κ3) is 3.52. The zero-order valence-corrected chi connectivity index (χ0v) is 13.6. The number of rotatable bonds is 5. The molecule has 2 heterocycles. The molecule has 6 nitrogen and oxygen atoms in total. The molecule has 0 saturated carbocycles. The minimum Gasteiger partial charge on any atom is -0.497 e. The van der Waals surface area contributed by atoms with Crippen molar-refractivity contribution in [3.05, 3.63) is 41.7 Å². The summed E-state index contributed by atoms with van der Waals surface area (Å²) in [5.41, 5.74) is 2.15. The molecular weight excluding hydrogens is 292 g/mol. The third-order valence-corrected chi connectivity index (χ3v) is 4.46. The number of aromatic nitrogens is 3. The molecule has 2 aromatic rings. The van der Waals surface area contributed by atoms with Gasteiger partial charge in [-0.2, -0.15) is 0 Å². The highest BCUT2D eigenvalue weighted by atomic mass is 16.5. The predicted molar refractivity (Wildman–Crippen MR) is 86.2 cm³/mol. The highest BCUT2D eigenvalue weighted by Gasteiger charge is 2.29. The minimum absolute atomic E-state index is 0.181. The Labute approximate surface area is 136 Å². The normalized spacial score (nSPS) is 17.5. The summed E-state index contributed by atoms with van der Waals surface area (Å²) in [5.74, 6) is 1.00. The number of methoxy groups -OCH3 is 1. The Hall–Kier alpha value is -2.37. The Bertz CT molecular complexity index is 669. The molecule has 1 aromatic carbocycles. The van der Waals surface area contributed by atoms with E-state index >= 15 is 0 Å². The summed E-state index contributed by atoms with van der Waals surface area (Å²) in [6.45, 7) is 3.56. The SMILES string of the molecule is COc1ccc(CC(=O)N2CCC[C@H]2Cn2ccnn2)c(C)c1. The van der Waals surface area contributed by atoms with Crippen LogP contribution in [-0.2, 0) is 17.8 Å². The van der Waals surface area contributed by atoms with Crippen LogP contribution in [0.5, 0.6) is 5.75 Å². The topological polar surface area (TPSA) is 60.2 Å². The highest BCUT2D eigenvalue weighted by molar-refractivity contribution is 5.79. The van der Waals surface area contributed by atoms with Crippen LogP contribution in [0.15, 0.2) is 30.6 Å². The number of carbonyl (C=O) groups excluding carboxylic acids is 1. The molecule has 0 bridgehead atoms. The maximum absolute atomic E-state index is 12.7. The number of nitrogens with zero attached hydrogens (tertiary/aromatic N) is 4. The van der Waals surface area contributed by atoms with Crippen LogP contribution in [0.2, 0.25) is 0 Å². The van der Waals surface area contributed by atoms with Crippen molar-refractivity contribution in [2.75, 3.05) is 13.7 Å². The maximum Gasteiger partial charge on any atom is 0.227 e. The lowest BCUT2D eigenvalue weighted by atomic mass is 10.0. The van der Waals surface area contributed by atoms with Gasteiger partial charge in [0.2, 0.25) is 5.91 Å². The van der Waals surface area contributed by atoms with Gasteiger partial charge in [0.05, 0.1) is 32.3 Å². The van der Waals surface area contributed by atoms with Crippen LogP contribution >= 0.6 is 0 Å². The summed E-state index contributed by atoms with van der Waals surface area (Å²) < 4.78 is 7.02. The van der Waals surface area contributed by atoms with E-state index in [-0.39, 0.29) is 11.9 Å². The van der Waals surface area contributed by atoms with Crippen molar-refractivity contribution in [3.8, 4) is 5.75 Å². The van der Waals surface area contributed by atoms with Crippen molar-refractivity contribution in [3.63, 3.8) is 0 Å². The number of aryl methyl sites for hydroxylation is 1. The molecule has 1 aromatic heterocycles. The molecule has 23 heavy (non-hydrogen) atoms. The number of likely N-dealkylation sites (tertiary alicyclic amines) is 1. The number of benzene rings is 1. The highest BCUT2D eigenvalue weighted by Crippen LogP contribution is 2.22. The Balaban J connectivity index is 1.67. The Morgan fingerprint density at radius 1 is 1.43 bits per heavy atom. The largest absolute Gasteiger partial charge is 0.497 e. The minimum atomic E-state index is 0.181. The first-order valence-corrected chi connectivity index (χ1v) is 7.94. The molecule has 0 radical (unpaired) electrons. The molecule has 1 amide bonds. The molecule has 0 unspecified atom stereocenters. The zero-order valence-electron chi connectivity index (χ0n) is 13.6. The fraction of sp³-hybridized carbons (Fsp3) is 0.471. The Morgan fingerprint density at radius 3 is 3.00 bits per heavy atom. The van der Waals surface area contributed by atoms with Crippen LogP contribution in [0.3, 0.4) is 0 Å². The van der Waals surface area contributed by atoms with Crippen LogP contribution in [0.4, 0.5) is 0 Å². The smallest absolute Gasteiger partial charge is 0.227 e. The molecule has 122 valence electrons. The van der Waals surface area contributed by atoms with Gasteiger partial charge < -0.3 is 9.64 Å². The fourth-order valence-corrected chi connectivity index (χ4v) is 3.16. The fourth-order valence-electron chi connectivity index (χ4n) is 3.16. The van der Waals surface area contributed by atoms with Gasteiger partial charge in [-0.15, -0.1) is 5.10 Å². The van der Waals surface area contributed by atoms with Crippen LogP contribution in [0.1, 0.15) is 24.0 Å². The van der Waals surface area contributed by atoms with E-state index in [4.69, 9.17) is 4.74 Å². The number of ether oxygens (including phenoxy) is 1. The Kier molecular flexibility index (Phi) is 4.60. The van der Waals surface area contributed by atoms with Crippen LogP contribution in [0, 0.1) is 6.92 Å². The maximum atomic E-state index is 12.7. The van der Waals surface area contributed by atoms with E-state index in [0.717, 1.165) is 36.3 Å². The lowest BCUT2D eigenvalue weighted by Crippen LogP contribution is -2.39. The molecule has 0 spiro atoms. The quantitative estimate of drug-likeness (QED) is 0.845. The summed E-state index contributed by atoms with van der Waals surface area (Å²) >= 11 is 0. The van der Waals surface area contributed by atoms with Crippen LogP contribution < -0.4 is 4.74 Å². The molecule has 1 aliphatic heterocycles. The summed E-state index contributed by atoms with van der Waals surface area (Å²) in [6, 6.07) is 6.07. The molecule has 1 fully saturated rings. The van der Waals surface area contributed by atoms with E-state index in [1.54, 1.807) is 18.0 Å². The van der Waals surface area contributed by atoms with E-state index in [1.165, 1.54) is 0 Å². The van der Waals surface area contributed by atoms with Gasteiger partial charge >= 0.3 is 0 Å². The van der Waals surface area contributed by atoms with Gasteiger partial charge in [0.1, 0.15) is 5.75 Å². The molecule has 3 rings (SSSR count). The first-order chi connectivity index (χ1) is 11.2. The first-order valence-electron chi connectivity index (χ1n) is 7.94. The van der Waals surface area contributed by atoms with Gasteiger partial charge in [0, 0.05) is 12.7 Å². The molecule has 0 N–H and O–H groups in total. The second-order valence-electron chi connectivity index (χ2n) is 5.98. The molecule has 1 aliphatic rings. The predicted octanol–water partition coefficient (Wildman–Crippen LogP) is 1.83. The van der Waals surface area contributed by atoms with Gasteiger partial charge in [-0.05, 0) is 43.0 Å². The average molecular weight is 314 g/mol. The van der Waals surface area contributed by atoms with Gasteiger partial charge in [0.25, 0.3) is 0 Å². The van der Waals surface area contributed by atoms with E-state index in [9.17, 15) is 4.79 Å². The first kappa shape index (κ1) is 15.5. The van der Waals surface area contributed by atoms with Gasteiger partial charge in [-0.3, -0.25) is 9.48 Å². The van der Waals surface area contributed by atoms with Crippen LogP contribution in [0.25, 0.3) is 0 Å². The summed E-state index contributed by atoms with van der Waals surface area (Å²) in [4.78, 5) is 14.7. The van der Waals surface area contributed by atoms with Crippen molar-refractivity contribution < 1.29 is 9.53 Å². The second kappa shape index (κ2) is 6.81. The summed E-state index contributed by atoms with van der Waals surface area (Å²) in [7, 11) is 1.65. The molecule has 1 atom stereocenters. The summed E-state index contributed by atoms with van der Waals surface area (Å²) in [5, 5.41) is 7.83. The number of hydrogen-bond acceptors (Lipinski definition) is 4.